The molecule has 0 unspecified atom stereocenters. The van der Waals surface area contributed by atoms with Crippen molar-refractivity contribution in [2.75, 3.05) is 0 Å². The first-order valence-corrected chi connectivity index (χ1v) is 9.60. The Kier molecular flexibility index (Phi) is 5.77. The third-order valence-electron chi connectivity index (χ3n) is 6.13. The summed E-state index contributed by atoms with van der Waals surface area (Å²) in [5.74, 6) is 9.47. The smallest absolute Gasteiger partial charge is 0.166 e. The molecule has 0 nitrogen and oxygen atoms in total. The van der Waals surface area contributed by atoms with Gasteiger partial charge in [-0.15, -0.1) is 0 Å². The molecule has 0 bridgehead atoms. The lowest BCUT2D eigenvalue weighted by atomic mass is 9.69. The van der Waals surface area contributed by atoms with Crippen LogP contribution in [-0.2, 0) is 6.18 Å². The van der Waals surface area contributed by atoms with Gasteiger partial charge in [-0.1, -0.05) is 31.6 Å². The molecule has 3 rings (SSSR count). The Balaban J connectivity index is 1.50. The van der Waals surface area contributed by atoms with E-state index >= 15 is 0 Å². The van der Waals surface area contributed by atoms with Crippen molar-refractivity contribution in [1.82, 2.24) is 0 Å². The van der Waals surface area contributed by atoms with Crippen LogP contribution >= 0.6 is 0 Å². The fourth-order valence-electron chi connectivity index (χ4n) is 4.42. The van der Waals surface area contributed by atoms with Gasteiger partial charge in [0.2, 0.25) is 0 Å². The van der Waals surface area contributed by atoms with E-state index in [0.29, 0.717) is 11.5 Å². The average molecular weight is 348 g/mol. The van der Waals surface area contributed by atoms with Crippen molar-refractivity contribution in [1.29, 1.82) is 0 Å². The Morgan fingerprint density at radius 3 is 1.84 bits per heavy atom. The summed E-state index contributed by atoms with van der Waals surface area (Å²) in [7, 11) is 0. The highest BCUT2D eigenvalue weighted by atomic mass is 19.4. The third-order valence-corrected chi connectivity index (χ3v) is 6.13. The van der Waals surface area contributed by atoms with Crippen molar-refractivity contribution in [2.24, 2.45) is 23.7 Å². The SMILES string of the molecule is C[C@H]1CC[C@H](C2CCC(C#Cc3ccc(C(F)(F)F)cc3)CC2)CC1. The molecule has 0 amide bonds. The van der Waals surface area contributed by atoms with E-state index < -0.39 is 11.7 Å². The molecular formula is C22H27F3. The normalized spacial score (nSPS) is 30.4. The van der Waals surface area contributed by atoms with Crippen LogP contribution in [0, 0.1) is 35.5 Å². The van der Waals surface area contributed by atoms with E-state index in [-0.39, 0.29) is 0 Å². The summed E-state index contributed by atoms with van der Waals surface area (Å²) in [6.07, 6.45) is 6.12. The maximum Gasteiger partial charge on any atom is 0.416 e. The average Bonchev–Trinajstić information content (AvgIpc) is 2.61. The standard InChI is InChI=1S/C22H27F3/c1-16-2-10-19(11-3-16)20-12-6-17(7-13-20)4-5-18-8-14-21(15-9-18)22(23,24)25/h8-9,14-17,19-20H,2-3,6-7,10-13H2,1H3/t16-,17?,19-,20?. The molecule has 25 heavy (non-hydrogen) atoms. The van der Waals surface area contributed by atoms with Crippen LogP contribution in [0.15, 0.2) is 24.3 Å². The van der Waals surface area contributed by atoms with E-state index in [0.717, 1.165) is 42.7 Å². The molecule has 0 radical (unpaired) electrons. The van der Waals surface area contributed by atoms with Crippen LogP contribution < -0.4 is 0 Å². The molecule has 1 aromatic carbocycles. The fourth-order valence-corrected chi connectivity index (χ4v) is 4.42. The number of rotatable bonds is 1. The van der Waals surface area contributed by atoms with Crippen LogP contribution in [0.25, 0.3) is 0 Å². The van der Waals surface area contributed by atoms with Gasteiger partial charge in [0.1, 0.15) is 0 Å². The first-order valence-electron chi connectivity index (χ1n) is 9.60. The van der Waals surface area contributed by atoms with Crippen LogP contribution in [0.5, 0.6) is 0 Å². The quantitative estimate of drug-likeness (QED) is 0.496. The molecule has 0 saturated heterocycles. The van der Waals surface area contributed by atoms with Crippen molar-refractivity contribution in [3.05, 3.63) is 35.4 Å². The first kappa shape index (κ1) is 18.4. The number of alkyl halides is 3. The Bertz CT molecular complexity index is 601. The molecule has 2 aliphatic carbocycles. The monoisotopic (exact) mass is 348 g/mol. The number of hydrogen-bond acceptors (Lipinski definition) is 0. The van der Waals surface area contributed by atoms with E-state index in [4.69, 9.17) is 0 Å². The largest absolute Gasteiger partial charge is 0.416 e. The maximum atomic E-state index is 12.6. The summed E-state index contributed by atoms with van der Waals surface area (Å²) in [6.45, 7) is 2.37. The molecule has 0 spiro atoms. The van der Waals surface area contributed by atoms with Crippen molar-refractivity contribution in [2.45, 2.75) is 64.5 Å². The lowest BCUT2D eigenvalue weighted by Crippen LogP contribution is -2.24. The Hall–Kier alpha value is -1.43. The molecule has 1 aromatic rings. The van der Waals surface area contributed by atoms with E-state index in [2.05, 4.69) is 18.8 Å². The highest BCUT2D eigenvalue weighted by Crippen LogP contribution is 2.41. The lowest BCUT2D eigenvalue weighted by Gasteiger charge is -2.36. The van der Waals surface area contributed by atoms with Crippen LogP contribution in [0.4, 0.5) is 13.2 Å². The van der Waals surface area contributed by atoms with Crippen molar-refractivity contribution in [3.63, 3.8) is 0 Å². The number of halogens is 3. The topological polar surface area (TPSA) is 0 Å². The predicted octanol–water partition coefficient (Wildman–Crippen LogP) is 6.69. The zero-order chi connectivity index (χ0) is 17.9. The molecule has 3 heteroatoms. The Labute approximate surface area is 149 Å². The maximum absolute atomic E-state index is 12.6. The molecule has 0 aliphatic heterocycles. The molecule has 136 valence electrons. The van der Waals surface area contributed by atoms with Gasteiger partial charge < -0.3 is 0 Å². The van der Waals surface area contributed by atoms with E-state index in [1.54, 1.807) is 0 Å². The summed E-state index contributed by atoms with van der Waals surface area (Å²) in [5, 5.41) is 0. The molecule has 2 aliphatic rings. The second kappa shape index (κ2) is 7.85. The van der Waals surface area contributed by atoms with Crippen molar-refractivity contribution < 1.29 is 13.2 Å². The fraction of sp³-hybridized carbons (Fsp3) is 0.636. The summed E-state index contributed by atoms with van der Waals surface area (Å²) in [4.78, 5) is 0. The molecule has 2 fully saturated rings. The molecule has 0 atom stereocenters. The Morgan fingerprint density at radius 1 is 0.800 bits per heavy atom. The van der Waals surface area contributed by atoms with Gasteiger partial charge in [0, 0.05) is 11.5 Å². The molecule has 0 heterocycles. The highest BCUT2D eigenvalue weighted by molar-refractivity contribution is 5.37. The second-order valence-electron chi connectivity index (χ2n) is 7.98. The van der Waals surface area contributed by atoms with Gasteiger partial charge in [-0.3, -0.25) is 0 Å². The molecule has 0 aromatic heterocycles. The zero-order valence-electron chi connectivity index (χ0n) is 14.9. The number of hydrogen-bond donors (Lipinski definition) is 0. The van der Waals surface area contributed by atoms with E-state index in [1.807, 2.05) is 0 Å². The van der Waals surface area contributed by atoms with Crippen LogP contribution in [0.2, 0.25) is 0 Å². The van der Waals surface area contributed by atoms with Gasteiger partial charge in [-0.05, 0) is 80.5 Å². The van der Waals surface area contributed by atoms with Gasteiger partial charge in [-0.2, -0.15) is 13.2 Å². The minimum Gasteiger partial charge on any atom is -0.166 e. The van der Waals surface area contributed by atoms with Crippen molar-refractivity contribution in [3.8, 4) is 11.8 Å². The van der Waals surface area contributed by atoms with Gasteiger partial charge in [-0.25, -0.2) is 0 Å². The Morgan fingerprint density at radius 2 is 1.32 bits per heavy atom. The minimum absolute atomic E-state index is 0.404. The lowest BCUT2D eigenvalue weighted by molar-refractivity contribution is -0.137. The summed E-state index contributed by atoms with van der Waals surface area (Å²) < 4.78 is 37.7. The molecule has 0 N–H and O–H groups in total. The van der Waals surface area contributed by atoms with Crippen LogP contribution in [-0.4, -0.2) is 0 Å². The minimum atomic E-state index is -4.28. The third kappa shape index (κ3) is 5.03. The highest BCUT2D eigenvalue weighted by Gasteiger charge is 2.30. The van der Waals surface area contributed by atoms with Gasteiger partial charge >= 0.3 is 6.18 Å². The van der Waals surface area contributed by atoms with Gasteiger partial charge in [0.15, 0.2) is 0 Å². The summed E-state index contributed by atoms with van der Waals surface area (Å²) in [6, 6.07) is 5.19. The van der Waals surface area contributed by atoms with E-state index in [1.165, 1.54) is 50.7 Å². The van der Waals surface area contributed by atoms with Crippen LogP contribution in [0.3, 0.4) is 0 Å². The van der Waals surface area contributed by atoms with Crippen LogP contribution in [0.1, 0.15) is 69.4 Å². The van der Waals surface area contributed by atoms with Crippen molar-refractivity contribution >= 4 is 0 Å². The van der Waals surface area contributed by atoms with Gasteiger partial charge in [0.05, 0.1) is 5.56 Å². The second-order valence-corrected chi connectivity index (χ2v) is 7.98. The summed E-state index contributed by atoms with van der Waals surface area (Å²) in [5.41, 5.74) is 0.0664. The zero-order valence-corrected chi connectivity index (χ0v) is 14.9. The molecule has 2 saturated carbocycles. The summed E-state index contributed by atoms with van der Waals surface area (Å²) >= 11 is 0. The van der Waals surface area contributed by atoms with E-state index in [9.17, 15) is 13.2 Å². The number of benzene rings is 1. The first-order chi connectivity index (χ1) is 11.9. The molecular weight excluding hydrogens is 321 g/mol. The predicted molar refractivity (Wildman–Crippen MR) is 94.9 cm³/mol. The van der Waals surface area contributed by atoms with Gasteiger partial charge in [0.25, 0.3) is 0 Å².